The minimum atomic E-state index is -0.878. The summed E-state index contributed by atoms with van der Waals surface area (Å²) < 4.78 is -0.277. The minimum Gasteiger partial charge on any atom is -0.705 e. The summed E-state index contributed by atoms with van der Waals surface area (Å²) >= 11 is 0. The van der Waals surface area contributed by atoms with Crippen LogP contribution in [-0.4, -0.2) is 5.11 Å². The molecule has 66 valence electrons. The number of rotatable bonds is 0. The summed E-state index contributed by atoms with van der Waals surface area (Å²) in [6.45, 7) is 0. The van der Waals surface area contributed by atoms with Crippen molar-refractivity contribution < 1.29 is 14.6 Å². The summed E-state index contributed by atoms with van der Waals surface area (Å²) in [6.07, 6.45) is 0. The van der Waals surface area contributed by atoms with E-state index >= 15 is 0 Å². The molecular weight excluding hydrogens is 166 g/mol. The largest absolute Gasteiger partial charge is 0.705 e. The van der Waals surface area contributed by atoms with Gasteiger partial charge in [-0.2, -0.15) is 9.46 Å². The third-order valence-corrected chi connectivity index (χ3v) is 1.34. The van der Waals surface area contributed by atoms with Crippen molar-refractivity contribution in [2.45, 2.75) is 0 Å². The molecule has 0 radical (unpaired) electrons. The zero-order valence-electron chi connectivity index (χ0n) is 5.89. The van der Waals surface area contributed by atoms with Gasteiger partial charge in [-0.1, -0.05) is 0 Å². The van der Waals surface area contributed by atoms with E-state index in [1.54, 1.807) is 0 Å². The second-order valence-corrected chi connectivity index (χ2v) is 2.07. The minimum absolute atomic E-state index is 0.0674. The zero-order chi connectivity index (χ0) is 9.46. The van der Waals surface area contributed by atoms with Crippen LogP contribution in [0.25, 0.3) is 0 Å². The Bertz CT molecular complexity index is 233. The second kappa shape index (κ2) is 2.19. The monoisotopic (exact) mass is 173 g/mol. The van der Waals surface area contributed by atoms with Gasteiger partial charge in [0.15, 0.2) is 0 Å². The molecule has 0 aliphatic heterocycles. The van der Waals surface area contributed by atoms with Crippen molar-refractivity contribution in [2.75, 3.05) is 17.2 Å². The van der Waals surface area contributed by atoms with Gasteiger partial charge in [0.1, 0.15) is 0 Å². The molecule has 0 saturated heterocycles. The Balaban J connectivity index is 3.60. The number of nitrogens with zero attached hydrogens (tertiary/aromatic N) is 2. The zero-order valence-corrected chi connectivity index (χ0v) is 5.89. The van der Waals surface area contributed by atoms with Gasteiger partial charge in [-0.15, -0.1) is 0 Å². The van der Waals surface area contributed by atoms with E-state index in [0.29, 0.717) is 0 Å². The molecule has 8 nitrogen and oxygen atoms in total. The van der Waals surface area contributed by atoms with Gasteiger partial charge in [-0.25, -0.2) is 5.73 Å². The maximum atomic E-state index is 10.8. The predicted molar refractivity (Wildman–Crippen MR) is 39.3 cm³/mol. The first-order valence-corrected chi connectivity index (χ1v) is 2.85. The maximum Gasteiger partial charge on any atom is 0.452 e. The van der Waals surface area contributed by atoms with Crippen molar-refractivity contribution in [2.24, 2.45) is 0 Å². The molecule has 0 atom stereocenters. The topological polar surface area (TPSA) is 152 Å². The molecular formula is C4H7N5O3. The molecule has 7 N–H and O–H groups in total. The number of hydrogen-bond acceptors (Lipinski definition) is 6. The van der Waals surface area contributed by atoms with Crippen molar-refractivity contribution in [1.82, 2.24) is 0 Å². The quantitative estimate of drug-likeness (QED) is 0.249. The number of aromatic nitrogens is 2. The molecule has 1 aromatic rings. The number of aromatic hydroxyl groups is 1. The van der Waals surface area contributed by atoms with Crippen molar-refractivity contribution in [3.8, 4) is 5.88 Å². The molecule has 0 spiro atoms. The van der Waals surface area contributed by atoms with E-state index in [4.69, 9.17) is 22.3 Å². The molecule has 0 unspecified atom stereocenters. The van der Waals surface area contributed by atoms with E-state index in [1.165, 1.54) is 0 Å². The number of hydrogen-bond donors (Lipinski definition) is 4. The summed E-state index contributed by atoms with van der Waals surface area (Å²) in [6, 6.07) is 0. The lowest BCUT2D eigenvalue weighted by atomic mass is 10.5. The van der Waals surface area contributed by atoms with Gasteiger partial charge in [0.25, 0.3) is 0 Å². The third-order valence-electron chi connectivity index (χ3n) is 1.34. The van der Waals surface area contributed by atoms with Crippen molar-refractivity contribution in [3.63, 3.8) is 0 Å². The van der Waals surface area contributed by atoms with Crippen LogP contribution in [0.15, 0.2) is 0 Å². The average Bonchev–Trinajstić information content (AvgIpc) is 2.08. The highest BCUT2D eigenvalue weighted by molar-refractivity contribution is 5.59. The number of anilines is 3. The Labute approximate surface area is 66.6 Å². The first-order valence-electron chi connectivity index (χ1n) is 2.85. The molecule has 0 aromatic carbocycles. The summed E-state index contributed by atoms with van der Waals surface area (Å²) in [5.74, 6) is -2.16. The van der Waals surface area contributed by atoms with E-state index in [-0.39, 0.29) is 9.46 Å². The smallest absolute Gasteiger partial charge is 0.452 e. The van der Waals surface area contributed by atoms with Gasteiger partial charge in [0.2, 0.25) is 5.69 Å². The van der Waals surface area contributed by atoms with Crippen molar-refractivity contribution in [3.05, 3.63) is 10.4 Å². The van der Waals surface area contributed by atoms with E-state index in [9.17, 15) is 10.4 Å². The summed E-state index contributed by atoms with van der Waals surface area (Å²) in [5.41, 5.74) is 14.6. The van der Waals surface area contributed by atoms with Crippen LogP contribution in [0.3, 0.4) is 0 Å². The Hall–Kier alpha value is -2.12. The lowest BCUT2D eigenvalue weighted by Crippen LogP contribution is -2.48. The first kappa shape index (κ1) is 7.98. The van der Waals surface area contributed by atoms with Crippen LogP contribution in [0, 0.1) is 10.4 Å². The average molecular weight is 173 g/mol. The van der Waals surface area contributed by atoms with Crippen LogP contribution in [-0.2, 0) is 0 Å². The fourth-order valence-corrected chi connectivity index (χ4v) is 0.648. The Kier molecular flexibility index (Phi) is 1.45. The summed E-state index contributed by atoms with van der Waals surface area (Å²) in [7, 11) is 0. The molecule has 0 aliphatic rings. The Morgan fingerprint density at radius 1 is 1.08 bits per heavy atom. The van der Waals surface area contributed by atoms with Gasteiger partial charge in [0.05, 0.1) is 0 Å². The van der Waals surface area contributed by atoms with Crippen molar-refractivity contribution in [1.29, 1.82) is 0 Å². The van der Waals surface area contributed by atoms with Crippen LogP contribution >= 0.6 is 0 Å². The van der Waals surface area contributed by atoms with E-state index in [2.05, 4.69) is 0 Å². The highest BCUT2D eigenvalue weighted by atomic mass is 16.5. The van der Waals surface area contributed by atoms with Gasteiger partial charge in [-0.05, 0) is 0 Å². The molecule has 1 rings (SSSR count). The molecule has 0 saturated carbocycles. The lowest BCUT2D eigenvalue weighted by Gasteiger charge is -2.12. The fraction of sp³-hybridized carbons (Fsp3) is 0. The van der Waals surface area contributed by atoms with E-state index in [0.717, 1.165) is 0 Å². The highest BCUT2D eigenvalue weighted by Gasteiger charge is 2.20. The van der Waals surface area contributed by atoms with E-state index < -0.39 is 23.3 Å². The van der Waals surface area contributed by atoms with Crippen molar-refractivity contribution >= 4 is 17.5 Å². The van der Waals surface area contributed by atoms with Crippen LogP contribution in [0.4, 0.5) is 17.5 Å². The first-order chi connectivity index (χ1) is 5.46. The molecule has 12 heavy (non-hydrogen) atoms. The lowest BCUT2D eigenvalue weighted by molar-refractivity contribution is -0.712. The van der Waals surface area contributed by atoms with Gasteiger partial charge >= 0.3 is 17.6 Å². The molecule has 0 aliphatic carbocycles. The van der Waals surface area contributed by atoms with Crippen LogP contribution in [0.1, 0.15) is 0 Å². The number of nitrogen functional groups attached to an aromatic ring is 3. The predicted octanol–water partition coefficient (Wildman–Crippen LogP) is -2.59. The molecule has 1 aromatic heterocycles. The van der Waals surface area contributed by atoms with E-state index in [1.807, 2.05) is 0 Å². The normalized spacial score (nSPS) is 10.0. The van der Waals surface area contributed by atoms with Gasteiger partial charge in [-0.3, -0.25) is 5.73 Å². The molecule has 0 fully saturated rings. The van der Waals surface area contributed by atoms with Crippen LogP contribution < -0.4 is 26.7 Å². The van der Waals surface area contributed by atoms with Gasteiger partial charge < -0.3 is 21.3 Å². The molecule has 0 amide bonds. The number of nitrogens with two attached hydrogens (primary N) is 3. The van der Waals surface area contributed by atoms with Gasteiger partial charge in [0, 0.05) is 0 Å². The summed E-state index contributed by atoms with van der Waals surface area (Å²) in [4.78, 5) is 0. The standard InChI is InChI=1S/C4H7N5O3/c5-1-2(6)8(11)4(7)9(12)3(1)10/h10H,5-7H2. The maximum absolute atomic E-state index is 10.8. The third kappa shape index (κ3) is 0.779. The second-order valence-electron chi connectivity index (χ2n) is 2.07. The highest BCUT2D eigenvalue weighted by Crippen LogP contribution is 2.18. The SMILES string of the molecule is Nc1c(N)[n+]([O-])c(N)[n+]([O-])c1O. The molecule has 0 bridgehead atoms. The fourth-order valence-electron chi connectivity index (χ4n) is 0.648. The molecule has 1 heterocycles. The summed E-state index contributed by atoms with van der Waals surface area (Å²) in [5, 5.41) is 30.5. The Morgan fingerprint density at radius 3 is 2.08 bits per heavy atom. The van der Waals surface area contributed by atoms with Crippen LogP contribution in [0.2, 0.25) is 0 Å². The molecule has 8 heteroatoms. The van der Waals surface area contributed by atoms with Crippen LogP contribution in [0.5, 0.6) is 5.88 Å². The Morgan fingerprint density at radius 2 is 1.58 bits per heavy atom.